The van der Waals surface area contributed by atoms with Crippen molar-refractivity contribution in [3.8, 4) is 16.9 Å². The van der Waals surface area contributed by atoms with Crippen LogP contribution >= 0.6 is 0 Å². The summed E-state index contributed by atoms with van der Waals surface area (Å²) in [6.07, 6.45) is 1.98. The van der Waals surface area contributed by atoms with Crippen LogP contribution in [0.1, 0.15) is 54.6 Å². The molecule has 0 atom stereocenters. The minimum Gasteiger partial charge on any atom is -0.491 e. The van der Waals surface area contributed by atoms with Crippen molar-refractivity contribution in [2.45, 2.75) is 51.4 Å². The summed E-state index contributed by atoms with van der Waals surface area (Å²) in [5.74, 6) is -3.52. The van der Waals surface area contributed by atoms with Crippen molar-refractivity contribution in [2.24, 2.45) is 5.16 Å². The molecule has 204 valence electrons. The van der Waals surface area contributed by atoms with Crippen LogP contribution in [0.4, 0.5) is 13.2 Å². The van der Waals surface area contributed by atoms with Crippen LogP contribution in [0.15, 0.2) is 59.8 Å². The third-order valence-corrected chi connectivity index (χ3v) is 7.21. The summed E-state index contributed by atoms with van der Waals surface area (Å²) in [4.78, 5) is 19.3. The number of benzene rings is 3. The molecule has 0 aromatic heterocycles. The second-order valence-corrected chi connectivity index (χ2v) is 10.4. The molecule has 1 fully saturated rings. The SMILES string of the molecule is CC(C)Oc1ccc(-c2cc(F)c(F)cc2F)c(CN2CCC3(CC2)CC(c2ccc(C(=O)O)cc2)=NO3)c1. The van der Waals surface area contributed by atoms with Gasteiger partial charge in [-0.2, -0.15) is 0 Å². The molecule has 1 saturated heterocycles. The average molecular weight is 539 g/mol. The van der Waals surface area contributed by atoms with Crippen LogP contribution in [-0.2, 0) is 11.4 Å². The predicted molar refractivity (Wildman–Crippen MR) is 140 cm³/mol. The van der Waals surface area contributed by atoms with Gasteiger partial charge in [0.25, 0.3) is 0 Å². The second-order valence-electron chi connectivity index (χ2n) is 10.4. The minimum absolute atomic E-state index is 0.000406. The Balaban J connectivity index is 1.30. The van der Waals surface area contributed by atoms with Crippen LogP contribution in [0.2, 0.25) is 0 Å². The Morgan fingerprint density at radius 2 is 1.69 bits per heavy atom. The molecule has 3 aromatic carbocycles. The Labute approximate surface area is 224 Å². The smallest absolute Gasteiger partial charge is 0.335 e. The third kappa shape index (κ3) is 5.78. The maximum absolute atomic E-state index is 14.7. The highest BCUT2D eigenvalue weighted by molar-refractivity contribution is 6.02. The topological polar surface area (TPSA) is 71.4 Å². The number of carboxylic acids is 1. The largest absolute Gasteiger partial charge is 0.491 e. The van der Waals surface area contributed by atoms with Crippen molar-refractivity contribution in [3.05, 3.63) is 88.7 Å². The monoisotopic (exact) mass is 538 g/mol. The van der Waals surface area contributed by atoms with E-state index in [9.17, 15) is 18.0 Å². The molecule has 0 saturated carbocycles. The molecule has 0 radical (unpaired) electrons. The maximum Gasteiger partial charge on any atom is 0.335 e. The van der Waals surface area contributed by atoms with Crippen molar-refractivity contribution in [1.82, 2.24) is 4.90 Å². The number of rotatable bonds is 7. The van der Waals surface area contributed by atoms with Gasteiger partial charge >= 0.3 is 5.97 Å². The fourth-order valence-corrected chi connectivity index (χ4v) is 5.15. The Kier molecular flexibility index (Phi) is 7.36. The van der Waals surface area contributed by atoms with Crippen LogP contribution in [0.3, 0.4) is 0 Å². The minimum atomic E-state index is -1.23. The van der Waals surface area contributed by atoms with Crippen molar-refractivity contribution in [3.63, 3.8) is 0 Å². The fraction of sp³-hybridized carbons (Fsp3) is 0.333. The molecule has 0 bridgehead atoms. The van der Waals surface area contributed by atoms with Gasteiger partial charge in [0.15, 0.2) is 11.6 Å². The molecule has 0 aliphatic carbocycles. The number of carboxylic acid groups (broad SMARTS) is 1. The van der Waals surface area contributed by atoms with E-state index in [4.69, 9.17) is 14.7 Å². The van der Waals surface area contributed by atoms with Gasteiger partial charge < -0.3 is 14.7 Å². The lowest BCUT2D eigenvalue weighted by Crippen LogP contribution is -2.44. The number of hydrogen-bond donors (Lipinski definition) is 1. The zero-order chi connectivity index (χ0) is 27.7. The number of hydrogen-bond acceptors (Lipinski definition) is 5. The van der Waals surface area contributed by atoms with Crippen molar-refractivity contribution < 1.29 is 32.6 Å². The first-order valence-corrected chi connectivity index (χ1v) is 12.9. The Bertz CT molecular complexity index is 1410. The number of aromatic carboxylic acids is 1. The van der Waals surface area contributed by atoms with Crippen LogP contribution in [0.5, 0.6) is 5.75 Å². The van der Waals surface area contributed by atoms with E-state index in [0.29, 0.717) is 56.3 Å². The number of likely N-dealkylation sites (tertiary alicyclic amines) is 1. The number of nitrogens with zero attached hydrogens (tertiary/aromatic N) is 2. The van der Waals surface area contributed by atoms with E-state index < -0.39 is 29.0 Å². The highest BCUT2D eigenvalue weighted by Gasteiger charge is 2.42. The molecule has 1 spiro atoms. The summed E-state index contributed by atoms with van der Waals surface area (Å²) in [5.41, 5.74) is 2.63. The van der Waals surface area contributed by atoms with E-state index in [0.717, 1.165) is 22.9 Å². The third-order valence-electron chi connectivity index (χ3n) is 7.21. The molecule has 2 aliphatic rings. The first-order valence-electron chi connectivity index (χ1n) is 12.9. The van der Waals surface area contributed by atoms with Gasteiger partial charge in [0.2, 0.25) is 0 Å². The summed E-state index contributed by atoms with van der Waals surface area (Å²) in [6, 6.07) is 13.3. The lowest BCUT2D eigenvalue weighted by molar-refractivity contribution is -0.0626. The van der Waals surface area contributed by atoms with Gasteiger partial charge in [-0.05, 0) is 60.9 Å². The number of ether oxygens (including phenoxy) is 1. The molecule has 5 rings (SSSR count). The van der Waals surface area contributed by atoms with Crippen molar-refractivity contribution >= 4 is 11.7 Å². The summed E-state index contributed by atoms with van der Waals surface area (Å²) < 4.78 is 48.2. The van der Waals surface area contributed by atoms with Gasteiger partial charge in [-0.15, -0.1) is 0 Å². The van der Waals surface area contributed by atoms with Gasteiger partial charge in [0.05, 0.1) is 17.4 Å². The van der Waals surface area contributed by atoms with E-state index in [1.807, 2.05) is 19.9 Å². The predicted octanol–water partition coefficient (Wildman–Crippen LogP) is 6.42. The van der Waals surface area contributed by atoms with Gasteiger partial charge in [0.1, 0.15) is 17.2 Å². The molecule has 1 N–H and O–H groups in total. The Morgan fingerprint density at radius 1 is 1.00 bits per heavy atom. The summed E-state index contributed by atoms with van der Waals surface area (Å²) in [5, 5.41) is 13.4. The lowest BCUT2D eigenvalue weighted by Gasteiger charge is -2.37. The van der Waals surface area contributed by atoms with Gasteiger partial charge in [-0.1, -0.05) is 23.4 Å². The molecule has 0 amide bonds. The van der Waals surface area contributed by atoms with Crippen LogP contribution < -0.4 is 4.74 Å². The van der Waals surface area contributed by atoms with Crippen molar-refractivity contribution in [1.29, 1.82) is 0 Å². The first-order chi connectivity index (χ1) is 18.6. The first kappa shape index (κ1) is 26.7. The fourth-order valence-electron chi connectivity index (χ4n) is 5.15. The standard InChI is InChI=1S/C30H29F3N2O4/c1-18(2)38-22-7-8-23(24-14-26(32)27(33)15-25(24)31)21(13-22)17-35-11-9-30(10-12-35)16-28(34-39-30)19-3-5-20(6-4-19)29(36)37/h3-8,13-15,18H,9-12,16-17H2,1-2H3,(H,36,37). The maximum atomic E-state index is 14.7. The summed E-state index contributed by atoms with van der Waals surface area (Å²) in [7, 11) is 0. The molecule has 6 nitrogen and oxygen atoms in total. The van der Waals surface area contributed by atoms with Gasteiger partial charge in [-0.25, -0.2) is 18.0 Å². The van der Waals surface area contributed by atoms with Crippen LogP contribution in [0, 0.1) is 17.5 Å². The van der Waals surface area contributed by atoms with E-state index in [-0.39, 0.29) is 17.2 Å². The molecular formula is C30H29F3N2O4. The molecule has 3 aromatic rings. The number of oxime groups is 1. The highest BCUT2D eigenvalue weighted by Crippen LogP contribution is 2.38. The molecular weight excluding hydrogens is 509 g/mol. The Morgan fingerprint density at radius 3 is 2.36 bits per heavy atom. The Hall–Kier alpha value is -3.85. The van der Waals surface area contributed by atoms with E-state index >= 15 is 0 Å². The number of halogens is 3. The number of carbonyl (C=O) groups is 1. The van der Waals surface area contributed by atoms with Crippen LogP contribution in [-0.4, -0.2) is 46.5 Å². The zero-order valence-corrected chi connectivity index (χ0v) is 21.7. The van der Waals surface area contributed by atoms with Gasteiger partial charge in [-0.3, -0.25) is 4.90 Å². The lowest BCUT2D eigenvalue weighted by atomic mass is 9.85. The molecule has 0 unspecified atom stereocenters. The van der Waals surface area contributed by atoms with Crippen molar-refractivity contribution in [2.75, 3.05) is 13.1 Å². The molecule has 2 aliphatic heterocycles. The van der Waals surface area contributed by atoms with E-state index in [1.54, 1.807) is 36.4 Å². The van der Waals surface area contributed by atoms with Gasteiger partial charge in [0, 0.05) is 50.5 Å². The van der Waals surface area contributed by atoms with Crippen LogP contribution in [0.25, 0.3) is 11.1 Å². The average Bonchev–Trinajstić information content (AvgIpc) is 3.31. The molecule has 9 heteroatoms. The van der Waals surface area contributed by atoms with E-state index in [1.165, 1.54) is 0 Å². The molecule has 2 heterocycles. The molecule has 39 heavy (non-hydrogen) atoms. The summed E-state index contributed by atoms with van der Waals surface area (Å²) >= 11 is 0. The second kappa shape index (κ2) is 10.7. The normalized spacial score (nSPS) is 16.8. The summed E-state index contributed by atoms with van der Waals surface area (Å²) in [6.45, 7) is 5.66. The quantitative estimate of drug-likeness (QED) is 0.352. The number of piperidine rings is 1. The zero-order valence-electron chi connectivity index (χ0n) is 21.7. The van der Waals surface area contributed by atoms with E-state index in [2.05, 4.69) is 10.1 Å². The highest BCUT2D eigenvalue weighted by atomic mass is 19.2.